The SMILES string of the molecule is C/C=C(S)\C=N/C(=N)N1CCC(C(C)=O)CC1. The predicted octanol–water partition coefficient (Wildman–Crippen LogP) is 2.13. The number of carbonyl (C=O) groups is 1. The van der Waals surface area contributed by atoms with Gasteiger partial charge in [0.05, 0.1) is 0 Å². The van der Waals surface area contributed by atoms with Crippen molar-refractivity contribution in [3.63, 3.8) is 0 Å². The van der Waals surface area contributed by atoms with Gasteiger partial charge in [0.2, 0.25) is 5.96 Å². The minimum atomic E-state index is 0.166. The summed E-state index contributed by atoms with van der Waals surface area (Å²) in [6.45, 7) is 4.98. The molecule has 94 valence electrons. The smallest absolute Gasteiger partial charge is 0.217 e. The van der Waals surface area contributed by atoms with E-state index in [1.807, 2.05) is 17.9 Å². The molecular formula is C12H19N3OS. The van der Waals surface area contributed by atoms with E-state index in [1.54, 1.807) is 13.1 Å². The van der Waals surface area contributed by atoms with Crippen LogP contribution in [0, 0.1) is 11.3 Å². The van der Waals surface area contributed by atoms with Gasteiger partial charge in [-0.05, 0) is 26.7 Å². The molecule has 5 heteroatoms. The van der Waals surface area contributed by atoms with E-state index in [0.29, 0.717) is 0 Å². The van der Waals surface area contributed by atoms with Crippen LogP contribution in [0.2, 0.25) is 0 Å². The molecule has 1 heterocycles. The minimum absolute atomic E-state index is 0.166. The summed E-state index contributed by atoms with van der Waals surface area (Å²) in [4.78, 5) is 17.9. The molecule has 1 rings (SSSR count). The Balaban J connectivity index is 2.46. The molecule has 1 N–H and O–H groups in total. The van der Waals surface area contributed by atoms with Crippen LogP contribution in [-0.2, 0) is 4.79 Å². The lowest BCUT2D eigenvalue weighted by Gasteiger charge is -2.30. The summed E-state index contributed by atoms with van der Waals surface area (Å²) in [6, 6.07) is 0. The second-order valence-electron chi connectivity index (χ2n) is 4.17. The second-order valence-corrected chi connectivity index (χ2v) is 4.68. The summed E-state index contributed by atoms with van der Waals surface area (Å²) in [5.41, 5.74) is 0. The van der Waals surface area contributed by atoms with Crippen molar-refractivity contribution in [1.29, 1.82) is 5.41 Å². The van der Waals surface area contributed by atoms with Gasteiger partial charge >= 0.3 is 0 Å². The lowest BCUT2D eigenvalue weighted by molar-refractivity contribution is -0.121. The van der Waals surface area contributed by atoms with E-state index in [9.17, 15) is 4.79 Å². The van der Waals surface area contributed by atoms with E-state index in [-0.39, 0.29) is 17.7 Å². The normalized spacial score (nSPS) is 18.8. The number of piperidine rings is 1. The van der Waals surface area contributed by atoms with Crippen molar-refractivity contribution in [2.24, 2.45) is 10.9 Å². The zero-order valence-corrected chi connectivity index (χ0v) is 11.2. The monoisotopic (exact) mass is 253 g/mol. The van der Waals surface area contributed by atoms with Gasteiger partial charge < -0.3 is 4.90 Å². The Hall–Kier alpha value is -1.10. The van der Waals surface area contributed by atoms with Gasteiger partial charge in [-0.3, -0.25) is 10.2 Å². The molecule has 0 radical (unpaired) electrons. The average molecular weight is 253 g/mol. The number of aliphatic imine (C=N–C) groups is 1. The first-order valence-electron chi connectivity index (χ1n) is 5.78. The molecule has 0 atom stereocenters. The number of hydrogen-bond acceptors (Lipinski definition) is 3. The van der Waals surface area contributed by atoms with E-state index in [0.717, 1.165) is 30.8 Å². The Bertz CT molecular complexity index is 355. The van der Waals surface area contributed by atoms with Crippen LogP contribution in [0.15, 0.2) is 16.0 Å². The van der Waals surface area contributed by atoms with Crippen molar-refractivity contribution >= 4 is 30.6 Å². The highest BCUT2D eigenvalue weighted by Crippen LogP contribution is 2.18. The fourth-order valence-electron chi connectivity index (χ4n) is 1.78. The molecule has 0 bridgehead atoms. The lowest BCUT2D eigenvalue weighted by Crippen LogP contribution is -2.38. The molecule has 0 aliphatic carbocycles. The van der Waals surface area contributed by atoms with Crippen LogP contribution in [-0.4, -0.2) is 35.9 Å². The van der Waals surface area contributed by atoms with Gasteiger partial charge in [0.25, 0.3) is 0 Å². The maximum atomic E-state index is 11.2. The molecule has 0 saturated carbocycles. The summed E-state index contributed by atoms with van der Waals surface area (Å²) in [5.74, 6) is 0.672. The molecule has 1 aliphatic rings. The average Bonchev–Trinajstić information content (AvgIpc) is 2.35. The van der Waals surface area contributed by atoms with Crippen molar-refractivity contribution < 1.29 is 4.79 Å². The number of thiol groups is 1. The highest BCUT2D eigenvalue weighted by molar-refractivity contribution is 7.85. The number of guanidine groups is 1. The molecular weight excluding hydrogens is 234 g/mol. The molecule has 17 heavy (non-hydrogen) atoms. The highest BCUT2D eigenvalue weighted by atomic mass is 32.1. The van der Waals surface area contributed by atoms with Crippen LogP contribution in [0.25, 0.3) is 0 Å². The number of ketones is 1. The van der Waals surface area contributed by atoms with Crippen LogP contribution in [0.5, 0.6) is 0 Å². The van der Waals surface area contributed by atoms with Crippen LogP contribution in [0.3, 0.4) is 0 Å². The quantitative estimate of drug-likeness (QED) is 0.450. The van der Waals surface area contributed by atoms with Gasteiger partial charge in [0.1, 0.15) is 5.78 Å². The van der Waals surface area contributed by atoms with Crippen molar-refractivity contribution in [2.75, 3.05) is 13.1 Å². The number of likely N-dealkylation sites (tertiary alicyclic amines) is 1. The van der Waals surface area contributed by atoms with Gasteiger partial charge in [0, 0.05) is 30.1 Å². The summed E-state index contributed by atoms with van der Waals surface area (Å²) in [6.07, 6.45) is 5.04. The Labute approximate surface area is 108 Å². The Morgan fingerprint density at radius 1 is 1.47 bits per heavy atom. The van der Waals surface area contributed by atoms with Gasteiger partial charge in [-0.1, -0.05) is 6.08 Å². The van der Waals surface area contributed by atoms with E-state index < -0.39 is 0 Å². The van der Waals surface area contributed by atoms with Crippen LogP contribution >= 0.6 is 12.6 Å². The van der Waals surface area contributed by atoms with Gasteiger partial charge in [-0.2, -0.15) is 0 Å². The summed E-state index contributed by atoms with van der Waals surface area (Å²) < 4.78 is 0. The number of nitrogens with one attached hydrogen (secondary N) is 1. The molecule has 0 aromatic heterocycles. The molecule has 0 amide bonds. The topological polar surface area (TPSA) is 56.5 Å². The Morgan fingerprint density at radius 3 is 2.53 bits per heavy atom. The number of rotatable bonds is 2. The number of nitrogens with zero attached hydrogens (tertiary/aromatic N) is 2. The third kappa shape index (κ3) is 4.34. The van der Waals surface area contributed by atoms with Crippen LogP contribution < -0.4 is 0 Å². The van der Waals surface area contributed by atoms with E-state index in [4.69, 9.17) is 5.41 Å². The van der Waals surface area contributed by atoms with Crippen molar-refractivity contribution in [3.8, 4) is 0 Å². The molecule has 1 saturated heterocycles. The van der Waals surface area contributed by atoms with Gasteiger partial charge in [0.15, 0.2) is 0 Å². The number of Topliss-reactive ketones (excluding diaryl/α,β-unsaturated/α-hetero) is 1. The third-order valence-corrected chi connectivity index (χ3v) is 3.36. The summed E-state index contributed by atoms with van der Waals surface area (Å²) in [7, 11) is 0. The third-order valence-electron chi connectivity index (χ3n) is 2.98. The zero-order chi connectivity index (χ0) is 12.8. The molecule has 1 fully saturated rings. The molecule has 0 spiro atoms. The van der Waals surface area contributed by atoms with E-state index >= 15 is 0 Å². The van der Waals surface area contributed by atoms with Crippen molar-refractivity contribution in [2.45, 2.75) is 26.7 Å². The Kier molecular flexibility index (Phi) is 5.41. The number of hydrogen-bond donors (Lipinski definition) is 2. The molecule has 0 aromatic carbocycles. The zero-order valence-electron chi connectivity index (χ0n) is 10.3. The molecule has 4 nitrogen and oxygen atoms in total. The molecule has 0 aromatic rings. The highest BCUT2D eigenvalue weighted by Gasteiger charge is 2.23. The maximum absolute atomic E-state index is 11.2. The summed E-state index contributed by atoms with van der Waals surface area (Å²) >= 11 is 4.16. The summed E-state index contributed by atoms with van der Waals surface area (Å²) in [5, 5.41) is 7.81. The fourth-order valence-corrected chi connectivity index (χ4v) is 1.84. The van der Waals surface area contributed by atoms with Gasteiger partial charge in [-0.15, -0.1) is 12.6 Å². The largest absolute Gasteiger partial charge is 0.341 e. The van der Waals surface area contributed by atoms with Crippen molar-refractivity contribution in [1.82, 2.24) is 4.90 Å². The lowest BCUT2D eigenvalue weighted by atomic mass is 9.93. The van der Waals surface area contributed by atoms with Gasteiger partial charge in [-0.25, -0.2) is 4.99 Å². The molecule has 0 unspecified atom stereocenters. The first-order chi connectivity index (χ1) is 8.04. The minimum Gasteiger partial charge on any atom is -0.341 e. The van der Waals surface area contributed by atoms with Crippen LogP contribution in [0.4, 0.5) is 0 Å². The second kappa shape index (κ2) is 6.59. The van der Waals surface area contributed by atoms with E-state index in [2.05, 4.69) is 17.6 Å². The Morgan fingerprint density at radius 2 is 2.06 bits per heavy atom. The van der Waals surface area contributed by atoms with Crippen molar-refractivity contribution in [3.05, 3.63) is 11.0 Å². The first-order valence-corrected chi connectivity index (χ1v) is 6.22. The van der Waals surface area contributed by atoms with Crippen LogP contribution in [0.1, 0.15) is 26.7 Å². The predicted molar refractivity (Wildman–Crippen MR) is 73.9 cm³/mol. The first kappa shape index (κ1) is 14.0. The standard InChI is InChI=1S/C12H19N3OS/c1-3-11(17)8-14-12(13)15-6-4-10(5-7-15)9(2)16/h3,8,10,13,17H,4-7H2,1-2H3/b11-3+,13-12?,14-8-. The maximum Gasteiger partial charge on any atom is 0.217 e. The number of carbonyl (C=O) groups excluding carboxylic acids is 1. The fraction of sp³-hybridized carbons (Fsp3) is 0.583. The number of allylic oxidation sites excluding steroid dienone is 2. The molecule has 1 aliphatic heterocycles. The van der Waals surface area contributed by atoms with E-state index in [1.165, 1.54) is 0 Å².